The summed E-state index contributed by atoms with van der Waals surface area (Å²) in [6.45, 7) is 0. The first-order valence-corrected chi connectivity index (χ1v) is 4.73. The molecule has 0 unspecified atom stereocenters. The summed E-state index contributed by atoms with van der Waals surface area (Å²) in [5, 5.41) is 2.51. The molecule has 0 bridgehead atoms. The van der Waals surface area contributed by atoms with Gasteiger partial charge in [-0.3, -0.25) is 0 Å². The molecule has 1 radical (unpaired) electrons. The number of aromatic amines is 1. The van der Waals surface area contributed by atoms with Crippen LogP contribution in [0.4, 0.5) is 0 Å². The number of para-hydroxylation sites is 2. The quantitative estimate of drug-likeness (QED) is 0.368. The second-order valence-corrected chi connectivity index (χ2v) is 3.44. The van der Waals surface area contributed by atoms with E-state index in [4.69, 9.17) is 0 Å². The van der Waals surface area contributed by atoms with Gasteiger partial charge in [-0.05, 0) is 18.2 Å². The second kappa shape index (κ2) is 5.65. The average molecular weight is 239 g/mol. The van der Waals surface area contributed by atoms with Crippen molar-refractivity contribution in [2.45, 2.75) is 0 Å². The van der Waals surface area contributed by atoms with Gasteiger partial charge in [0.1, 0.15) is 0 Å². The minimum Gasteiger partial charge on any atom is -1.00 e. The number of hydrogen-bond donors (Lipinski definition) is 0. The molecule has 0 atom stereocenters. The Bertz CT molecular complexity index is 505. The maximum absolute atomic E-state index is 3.41. The van der Waals surface area contributed by atoms with Crippen molar-refractivity contribution in [1.82, 2.24) is 0 Å². The van der Waals surface area contributed by atoms with Gasteiger partial charge in [-0.15, -0.1) is 0 Å². The Morgan fingerprint density at radius 2 is 1.12 bits per heavy atom. The summed E-state index contributed by atoms with van der Waals surface area (Å²) in [5.74, 6) is 0. The van der Waals surface area contributed by atoms with Crippen LogP contribution in [0, 0.1) is 0 Å². The molecule has 0 fully saturated rings. The molecule has 0 saturated carbocycles. The molecule has 1 aromatic heterocycles. The van der Waals surface area contributed by atoms with Crippen LogP contribution in [0.2, 0.25) is 0 Å². The molecule has 3 rings (SSSR count). The largest absolute Gasteiger partial charge is 1.00 e. The molecule has 3 heteroatoms. The van der Waals surface area contributed by atoms with Crippen molar-refractivity contribution in [2.75, 3.05) is 0 Å². The summed E-state index contributed by atoms with van der Waals surface area (Å²) in [7, 11) is 0. The Morgan fingerprint density at radius 1 is 0.688 bits per heavy atom. The van der Waals surface area contributed by atoms with E-state index in [1.807, 2.05) is 12.1 Å². The third-order valence-electron chi connectivity index (χ3n) is 2.50. The summed E-state index contributed by atoms with van der Waals surface area (Å²) in [4.78, 5) is 3.41. The second-order valence-electron chi connectivity index (χ2n) is 3.44. The summed E-state index contributed by atoms with van der Waals surface area (Å²) < 4.78 is 0. The molecule has 0 aliphatic rings. The molecular formula is C13H10ClNNa. The standard InChI is InChI=1S/C13H9N.ClH.Na/c1-3-7-12-10(5-1)9-11-6-2-4-8-13(11)14-12;;/h1-9H;1H;. The van der Waals surface area contributed by atoms with Crippen LogP contribution in [0.3, 0.4) is 0 Å². The molecule has 0 aliphatic carbocycles. The third kappa shape index (κ3) is 2.38. The van der Waals surface area contributed by atoms with Crippen LogP contribution < -0.4 is 17.4 Å². The van der Waals surface area contributed by atoms with Crippen LogP contribution in [-0.4, -0.2) is 29.6 Å². The van der Waals surface area contributed by atoms with Gasteiger partial charge in [-0.25, -0.2) is 4.98 Å². The van der Waals surface area contributed by atoms with E-state index in [2.05, 4.69) is 47.4 Å². The van der Waals surface area contributed by atoms with E-state index in [0.29, 0.717) is 0 Å². The molecule has 0 aliphatic heterocycles. The van der Waals surface area contributed by atoms with Gasteiger partial charge in [-0.2, -0.15) is 0 Å². The average Bonchev–Trinajstić information content (AvgIpc) is 2.26. The number of halogens is 1. The third-order valence-corrected chi connectivity index (χ3v) is 2.50. The predicted molar refractivity (Wildman–Crippen MR) is 63.8 cm³/mol. The van der Waals surface area contributed by atoms with Gasteiger partial charge in [0.05, 0.1) is 0 Å². The van der Waals surface area contributed by atoms with Gasteiger partial charge in [0.25, 0.3) is 0 Å². The molecule has 2 aromatic carbocycles. The van der Waals surface area contributed by atoms with Crippen LogP contribution >= 0.6 is 0 Å². The molecule has 16 heavy (non-hydrogen) atoms. The maximum Gasteiger partial charge on any atom is 0.211 e. The number of rotatable bonds is 0. The summed E-state index contributed by atoms with van der Waals surface area (Å²) in [6, 6.07) is 18.9. The van der Waals surface area contributed by atoms with Crippen molar-refractivity contribution in [1.29, 1.82) is 0 Å². The zero-order valence-corrected chi connectivity index (χ0v) is 11.8. The van der Waals surface area contributed by atoms with Gasteiger partial charge >= 0.3 is 0 Å². The first-order chi connectivity index (χ1) is 6.93. The van der Waals surface area contributed by atoms with Crippen molar-refractivity contribution in [3.05, 3.63) is 54.6 Å². The molecule has 1 heterocycles. The van der Waals surface area contributed by atoms with Crippen molar-refractivity contribution < 1.29 is 17.4 Å². The normalized spacial score (nSPS) is 9.50. The molecule has 0 spiro atoms. The molecule has 1 N–H and O–H groups in total. The minimum atomic E-state index is 0. The Morgan fingerprint density at radius 3 is 1.62 bits per heavy atom. The number of H-pyrrole nitrogens is 1. The van der Waals surface area contributed by atoms with Crippen LogP contribution in [0.25, 0.3) is 21.8 Å². The van der Waals surface area contributed by atoms with Crippen LogP contribution in [0.15, 0.2) is 54.6 Å². The maximum atomic E-state index is 3.41. The van der Waals surface area contributed by atoms with Gasteiger partial charge in [0.2, 0.25) is 11.0 Å². The van der Waals surface area contributed by atoms with Crippen LogP contribution in [0.1, 0.15) is 0 Å². The first kappa shape index (κ1) is 13.5. The number of pyridine rings is 1. The van der Waals surface area contributed by atoms with E-state index >= 15 is 0 Å². The van der Waals surface area contributed by atoms with E-state index in [1.54, 1.807) is 0 Å². The number of fused-ring (bicyclic) bond motifs is 2. The topological polar surface area (TPSA) is 14.1 Å². The summed E-state index contributed by atoms with van der Waals surface area (Å²) >= 11 is 0. The van der Waals surface area contributed by atoms with E-state index in [9.17, 15) is 0 Å². The minimum absolute atomic E-state index is 0. The Kier molecular flexibility index (Phi) is 4.75. The summed E-state index contributed by atoms with van der Waals surface area (Å²) in [6.07, 6.45) is 0. The Hall–Kier alpha value is -0.600. The number of benzene rings is 2. The van der Waals surface area contributed by atoms with Crippen molar-refractivity contribution in [3.63, 3.8) is 0 Å². The predicted octanol–water partition coefficient (Wildman–Crippen LogP) is -0.570. The first-order valence-electron chi connectivity index (χ1n) is 4.73. The fourth-order valence-corrected chi connectivity index (χ4v) is 1.79. The fourth-order valence-electron chi connectivity index (χ4n) is 1.79. The number of nitrogens with one attached hydrogen (secondary N) is 1. The SMILES string of the molecule is [Cl-].[Na].c1ccc2[nH+]c3ccccc3cc2c1. The van der Waals surface area contributed by atoms with Crippen molar-refractivity contribution in [3.8, 4) is 0 Å². The van der Waals surface area contributed by atoms with Crippen molar-refractivity contribution in [2.24, 2.45) is 0 Å². The fraction of sp³-hybridized carbons (Fsp3) is 0. The van der Waals surface area contributed by atoms with Crippen LogP contribution in [-0.2, 0) is 0 Å². The zero-order chi connectivity index (χ0) is 9.38. The van der Waals surface area contributed by atoms with E-state index in [-0.39, 0.29) is 42.0 Å². The molecule has 3 aromatic rings. The van der Waals surface area contributed by atoms with Crippen molar-refractivity contribution >= 4 is 51.4 Å². The smallest absolute Gasteiger partial charge is 0.211 e. The molecular weight excluding hydrogens is 229 g/mol. The van der Waals surface area contributed by atoms with Crippen LogP contribution in [0.5, 0.6) is 0 Å². The number of aromatic nitrogens is 1. The van der Waals surface area contributed by atoms with Gasteiger partial charge in [0, 0.05) is 52.5 Å². The monoisotopic (exact) mass is 238 g/mol. The Labute approximate surface area is 123 Å². The van der Waals surface area contributed by atoms with Gasteiger partial charge < -0.3 is 12.4 Å². The zero-order valence-electron chi connectivity index (χ0n) is 9.07. The van der Waals surface area contributed by atoms with Gasteiger partial charge in [0.15, 0.2) is 0 Å². The number of hydrogen-bond acceptors (Lipinski definition) is 0. The molecule has 0 saturated heterocycles. The molecule has 75 valence electrons. The summed E-state index contributed by atoms with van der Waals surface area (Å²) in [5.41, 5.74) is 2.37. The van der Waals surface area contributed by atoms with E-state index in [1.165, 1.54) is 21.8 Å². The Balaban J connectivity index is 0.000000640. The van der Waals surface area contributed by atoms with E-state index < -0.39 is 0 Å². The molecule has 0 amide bonds. The molecule has 1 nitrogen and oxygen atoms in total. The van der Waals surface area contributed by atoms with E-state index in [0.717, 1.165) is 0 Å². The van der Waals surface area contributed by atoms with Gasteiger partial charge in [-0.1, -0.05) is 24.3 Å².